The van der Waals surface area contributed by atoms with Crippen LogP contribution < -0.4 is 5.32 Å². The van der Waals surface area contributed by atoms with Crippen LogP contribution in [0.15, 0.2) is 0 Å². The van der Waals surface area contributed by atoms with Gasteiger partial charge >= 0.3 is 5.97 Å². The van der Waals surface area contributed by atoms with Crippen molar-refractivity contribution < 1.29 is 14.7 Å². The van der Waals surface area contributed by atoms with Crippen LogP contribution in [0.4, 0.5) is 0 Å². The fraction of sp³-hybridized carbons (Fsp3) is 0.895. The van der Waals surface area contributed by atoms with Gasteiger partial charge in [-0.15, -0.1) is 0 Å². The van der Waals surface area contributed by atoms with Gasteiger partial charge in [0.15, 0.2) is 0 Å². The fourth-order valence-corrected chi connectivity index (χ4v) is 3.51. The highest BCUT2D eigenvalue weighted by Crippen LogP contribution is 2.10. The monoisotopic (exact) mass is 360 g/mol. The molecule has 0 aromatic carbocycles. The van der Waals surface area contributed by atoms with Gasteiger partial charge in [0.05, 0.1) is 6.26 Å². The summed E-state index contributed by atoms with van der Waals surface area (Å²) >= 11 is 0. The molecule has 2 N–H and O–H groups in total. The molecular formula is C19H38NO3S+. The van der Waals surface area contributed by atoms with Crippen LogP contribution in [0.25, 0.3) is 0 Å². The van der Waals surface area contributed by atoms with Gasteiger partial charge in [-0.05, 0) is 24.2 Å². The Bertz CT molecular complexity index is 337. The third-order valence-corrected chi connectivity index (χ3v) is 6.31. The molecule has 0 heterocycles. The lowest BCUT2D eigenvalue weighted by Crippen LogP contribution is -2.41. The van der Waals surface area contributed by atoms with Crippen molar-refractivity contribution in [3.63, 3.8) is 0 Å². The number of hydrogen-bond acceptors (Lipinski definition) is 2. The Morgan fingerprint density at radius 3 is 2.00 bits per heavy atom. The van der Waals surface area contributed by atoms with E-state index < -0.39 is 12.0 Å². The summed E-state index contributed by atoms with van der Waals surface area (Å²) in [5, 5.41) is 11.9. The van der Waals surface area contributed by atoms with Crippen LogP contribution in [0.1, 0.15) is 84.5 Å². The lowest BCUT2D eigenvalue weighted by atomic mass is 10.1. The van der Waals surface area contributed by atoms with Crippen molar-refractivity contribution in [2.75, 3.05) is 17.8 Å². The quantitative estimate of drug-likeness (QED) is 0.321. The van der Waals surface area contributed by atoms with Crippen LogP contribution in [0.5, 0.6) is 0 Å². The first kappa shape index (κ1) is 23.3. The Morgan fingerprint density at radius 2 is 1.50 bits per heavy atom. The number of nitrogens with one attached hydrogen (secondary N) is 1. The molecule has 0 radical (unpaired) electrons. The molecule has 0 spiro atoms. The Hall–Kier alpha value is -0.710. The van der Waals surface area contributed by atoms with Gasteiger partial charge in [0.2, 0.25) is 5.91 Å². The summed E-state index contributed by atoms with van der Waals surface area (Å²) in [6, 6.07) is -0.724. The molecule has 0 bridgehead atoms. The van der Waals surface area contributed by atoms with Crippen molar-refractivity contribution in [2.45, 2.75) is 90.5 Å². The van der Waals surface area contributed by atoms with E-state index in [1.165, 1.54) is 44.9 Å². The maximum absolute atomic E-state index is 11.9. The number of aliphatic carboxylic acids is 1. The summed E-state index contributed by atoms with van der Waals surface area (Å²) in [5.41, 5.74) is 0. The standard InChI is InChI=1S/C19H37NO3S/c1-4-6-7-8-9-10-11-12-13-14-18(21)20-17(19(22)23)15-16-24(3)5-2/h17H,4-16H2,1-3H3,(H-,20,21,22,23)/p+1/t17-,24?/m1/s1. The summed E-state index contributed by atoms with van der Waals surface area (Å²) in [7, 11) is 0.244. The molecule has 142 valence electrons. The van der Waals surface area contributed by atoms with E-state index in [1.807, 2.05) is 0 Å². The summed E-state index contributed by atoms with van der Waals surface area (Å²) in [5.74, 6) is 0.909. The van der Waals surface area contributed by atoms with Crippen LogP contribution in [-0.2, 0) is 20.5 Å². The van der Waals surface area contributed by atoms with E-state index in [1.54, 1.807) is 0 Å². The predicted octanol–water partition coefficient (Wildman–Crippen LogP) is 4.13. The summed E-state index contributed by atoms with van der Waals surface area (Å²) < 4.78 is 0. The van der Waals surface area contributed by atoms with Gasteiger partial charge in [-0.3, -0.25) is 4.79 Å². The summed E-state index contributed by atoms with van der Waals surface area (Å²) in [6.45, 7) is 4.34. The normalized spacial score (nSPS) is 13.5. The van der Waals surface area contributed by atoms with Crippen molar-refractivity contribution in [3.8, 4) is 0 Å². The second-order valence-corrected chi connectivity index (χ2v) is 9.15. The SMILES string of the molecule is CCCCCCCCCCCC(=O)N[C@H](CC[S+](C)CC)C(=O)O. The first-order valence-corrected chi connectivity index (χ1v) is 11.6. The number of rotatable bonds is 16. The number of carboxylic acid groups (broad SMARTS) is 1. The minimum absolute atomic E-state index is 0.113. The summed E-state index contributed by atoms with van der Waals surface area (Å²) in [6.07, 6.45) is 14.1. The van der Waals surface area contributed by atoms with E-state index in [9.17, 15) is 14.7 Å². The highest BCUT2D eigenvalue weighted by Gasteiger charge is 2.22. The average Bonchev–Trinajstić information content (AvgIpc) is 2.56. The van der Waals surface area contributed by atoms with Crippen LogP contribution in [0.3, 0.4) is 0 Å². The second kappa shape index (κ2) is 15.8. The van der Waals surface area contributed by atoms with E-state index in [4.69, 9.17) is 0 Å². The van der Waals surface area contributed by atoms with E-state index in [0.717, 1.165) is 24.3 Å². The van der Waals surface area contributed by atoms with Gasteiger partial charge in [0.25, 0.3) is 0 Å². The molecule has 5 heteroatoms. The number of carbonyl (C=O) groups is 2. The lowest BCUT2D eigenvalue weighted by molar-refractivity contribution is -0.141. The third-order valence-electron chi connectivity index (χ3n) is 4.39. The molecule has 0 aromatic rings. The van der Waals surface area contributed by atoms with Gasteiger partial charge in [-0.1, -0.05) is 58.3 Å². The Labute approximate surface area is 151 Å². The van der Waals surface area contributed by atoms with Crippen LogP contribution in [-0.4, -0.2) is 40.8 Å². The number of hydrogen-bond donors (Lipinski definition) is 2. The van der Waals surface area contributed by atoms with Gasteiger partial charge in [-0.25, -0.2) is 4.79 Å². The molecule has 1 unspecified atom stereocenters. The van der Waals surface area contributed by atoms with Crippen molar-refractivity contribution in [3.05, 3.63) is 0 Å². The second-order valence-electron chi connectivity index (χ2n) is 6.60. The van der Waals surface area contributed by atoms with Crippen molar-refractivity contribution in [2.24, 2.45) is 0 Å². The molecule has 2 atom stereocenters. The minimum Gasteiger partial charge on any atom is -0.480 e. The van der Waals surface area contributed by atoms with E-state index in [2.05, 4.69) is 25.4 Å². The van der Waals surface area contributed by atoms with Crippen LogP contribution in [0, 0.1) is 0 Å². The Balaban J connectivity index is 3.72. The zero-order chi connectivity index (χ0) is 18.2. The van der Waals surface area contributed by atoms with Crippen molar-refractivity contribution in [1.29, 1.82) is 0 Å². The maximum atomic E-state index is 11.9. The van der Waals surface area contributed by atoms with Gasteiger partial charge in [0.1, 0.15) is 17.5 Å². The first-order chi connectivity index (χ1) is 11.5. The van der Waals surface area contributed by atoms with Gasteiger partial charge < -0.3 is 10.4 Å². The molecule has 0 saturated carbocycles. The smallest absolute Gasteiger partial charge is 0.326 e. The minimum atomic E-state index is -0.913. The lowest BCUT2D eigenvalue weighted by Gasteiger charge is -2.14. The van der Waals surface area contributed by atoms with Gasteiger partial charge in [0, 0.05) is 12.8 Å². The molecular weight excluding hydrogens is 322 g/mol. The topological polar surface area (TPSA) is 66.4 Å². The molecule has 1 amide bonds. The average molecular weight is 361 g/mol. The number of amides is 1. The zero-order valence-corrected chi connectivity index (χ0v) is 16.8. The molecule has 0 aliphatic carbocycles. The van der Waals surface area contributed by atoms with E-state index >= 15 is 0 Å². The van der Waals surface area contributed by atoms with Crippen molar-refractivity contribution in [1.82, 2.24) is 5.32 Å². The van der Waals surface area contributed by atoms with Gasteiger partial charge in [-0.2, -0.15) is 0 Å². The molecule has 0 aromatic heterocycles. The van der Waals surface area contributed by atoms with Crippen LogP contribution in [0.2, 0.25) is 0 Å². The molecule has 0 aliphatic heterocycles. The number of carboxylic acids is 1. The molecule has 0 rings (SSSR count). The highest BCUT2D eigenvalue weighted by atomic mass is 32.2. The molecule has 24 heavy (non-hydrogen) atoms. The number of carbonyl (C=O) groups excluding carboxylic acids is 1. The third kappa shape index (κ3) is 13.7. The first-order valence-electron chi connectivity index (χ1n) is 9.62. The maximum Gasteiger partial charge on any atom is 0.326 e. The number of unbranched alkanes of at least 4 members (excludes halogenated alkanes) is 8. The van der Waals surface area contributed by atoms with Crippen LogP contribution >= 0.6 is 0 Å². The predicted molar refractivity (Wildman–Crippen MR) is 105 cm³/mol. The van der Waals surface area contributed by atoms with E-state index in [-0.39, 0.29) is 16.8 Å². The largest absolute Gasteiger partial charge is 0.480 e. The molecule has 0 fully saturated rings. The fourth-order valence-electron chi connectivity index (χ4n) is 2.58. The molecule has 0 aliphatic rings. The summed E-state index contributed by atoms with van der Waals surface area (Å²) in [4.78, 5) is 23.2. The van der Waals surface area contributed by atoms with E-state index in [0.29, 0.717) is 12.8 Å². The van der Waals surface area contributed by atoms with Crippen molar-refractivity contribution >= 4 is 22.8 Å². The molecule has 4 nitrogen and oxygen atoms in total. The highest BCUT2D eigenvalue weighted by molar-refractivity contribution is 7.96. The molecule has 0 saturated heterocycles. The Morgan fingerprint density at radius 1 is 0.958 bits per heavy atom. The zero-order valence-electron chi connectivity index (χ0n) is 15.9. The Kier molecular flexibility index (Phi) is 15.3.